The van der Waals surface area contributed by atoms with E-state index in [9.17, 15) is 4.79 Å². The molecule has 0 spiro atoms. The van der Waals surface area contributed by atoms with Gasteiger partial charge in [0, 0.05) is 61.2 Å². The number of carbonyl (C=O) groups is 1. The highest BCUT2D eigenvalue weighted by Gasteiger charge is 2.29. The average Bonchev–Trinajstić information content (AvgIpc) is 3.25. The SMILES string of the molecule is CCN1CCN(C(=O)C[C@@H](c2cccc(OC)c2OC)c2c[nH]c3ccccc23)CC1. The molecule has 0 radical (unpaired) electrons. The lowest BCUT2D eigenvalue weighted by molar-refractivity contribution is -0.133. The maximum atomic E-state index is 13.4. The molecule has 1 aliphatic rings. The standard InChI is InChI=1S/C25H31N3O3/c1-4-27-12-14-28(15-13-27)24(29)16-20(19-9-7-11-23(30-2)25(19)31-3)21-17-26-22-10-6-5-8-18(21)22/h5-11,17,20,26H,4,12-16H2,1-3H3/t20-/m0/s1. The van der Waals surface area contributed by atoms with Gasteiger partial charge in [-0.05, 0) is 24.2 Å². The van der Waals surface area contributed by atoms with Crippen LogP contribution in [0.15, 0.2) is 48.7 Å². The van der Waals surface area contributed by atoms with Gasteiger partial charge in [0.25, 0.3) is 0 Å². The van der Waals surface area contributed by atoms with Gasteiger partial charge in [-0.2, -0.15) is 0 Å². The molecule has 0 aliphatic carbocycles. The summed E-state index contributed by atoms with van der Waals surface area (Å²) in [5.74, 6) is 1.39. The number of hydrogen-bond donors (Lipinski definition) is 1. The van der Waals surface area contributed by atoms with Crippen molar-refractivity contribution in [2.24, 2.45) is 0 Å². The van der Waals surface area contributed by atoms with Crippen molar-refractivity contribution in [3.05, 3.63) is 59.8 Å². The zero-order valence-corrected chi connectivity index (χ0v) is 18.6. The van der Waals surface area contributed by atoms with Gasteiger partial charge in [0.15, 0.2) is 11.5 Å². The topological polar surface area (TPSA) is 57.8 Å². The molecule has 164 valence electrons. The average molecular weight is 422 g/mol. The summed E-state index contributed by atoms with van der Waals surface area (Å²) in [6, 6.07) is 14.1. The molecule has 2 aromatic carbocycles. The third kappa shape index (κ3) is 4.26. The highest BCUT2D eigenvalue weighted by atomic mass is 16.5. The predicted molar refractivity (Wildman–Crippen MR) is 123 cm³/mol. The number of aromatic amines is 1. The summed E-state index contributed by atoms with van der Waals surface area (Å²) in [5.41, 5.74) is 3.13. The number of aromatic nitrogens is 1. The van der Waals surface area contributed by atoms with Crippen LogP contribution in [0.2, 0.25) is 0 Å². The Morgan fingerprint density at radius 3 is 2.48 bits per heavy atom. The molecule has 6 nitrogen and oxygen atoms in total. The van der Waals surface area contributed by atoms with Gasteiger partial charge in [0.1, 0.15) is 0 Å². The number of carbonyl (C=O) groups excluding carboxylic acids is 1. The normalized spacial score (nSPS) is 15.8. The second kappa shape index (κ2) is 9.43. The molecule has 1 aliphatic heterocycles. The third-order valence-electron chi connectivity index (χ3n) is 6.36. The van der Waals surface area contributed by atoms with E-state index in [4.69, 9.17) is 9.47 Å². The van der Waals surface area contributed by atoms with Gasteiger partial charge >= 0.3 is 0 Å². The number of hydrogen-bond acceptors (Lipinski definition) is 4. The second-order valence-electron chi connectivity index (χ2n) is 7.94. The zero-order valence-electron chi connectivity index (χ0n) is 18.6. The highest BCUT2D eigenvalue weighted by Crippen LogP contribution is 2.42. The quantitative estimate of drug-likeness (QED) is 0.629. The molecular formula is C25H31N3O3. The molecule has 0 unspecified atom stereocenters. The molecule has 1 amide bonds. The van der Waals surface area contributed by atoms with E-state index in [1.54, 1.807) is 14.2 Å². The van der Waals surface area contributed by atoms with E-state index in [2.05, 4.69) is 28.9 Å². The van der Waals surface area contributed by atoms with Gasteiger partial charge < -0.3 is 24.3 Å². The number of likely N-dealkylation sites (N-methyl/N-ethyl adjacent to an activating group) is 1. The van der Waals surface area contributed by atoms with Gasteiger partial charge in [-0.15, -0.1) is 0 Å². The molecular weight excluding hydrogens is 390 g/mol. The molecule has 31 heavy (non-hydrogen) atoms. The van der Waals surface area contributed by atoms with E-state index in [0.29, 0.717) is 17.9 Å². The first kappa shape index (κ1) is 21.2. The van der Waals surface area contributed by atoms with Crippen LogP contribution in [0.4, 0.5) is 0 Å². The van der Waals surface area contributed by atoms with Crippen LogP contribution in [-0.2, 0) is 4.79 Å². The molecule has 4 rings (SSSR count). The molecule has 3 aromatic rings. The van der Waals surface area contributed by atoms with Crippen molar-refractivity contribution in [3.8, 4) is 11.5 Å². The summed E-state index contributed by atoms with van der Waals surface area (Å²) >= 11 is 0. The van der Waals surface area contributed by atoms with Crippen LogP contribution in [0.5, 0.6) is 11.5 Å². The first-order chi connectivity index (χ1) is 15.2. The van der Waals surface area contributed by atoms with Crippen LogP contribution >= 0.6 is 0 Å². The highest BCUT2D eigenvalue weighted by molar-refractivity contribution is 5.86. The third-order valence-corrected chi connectivity index (χ3v) is 6.36. The van der Waals surface area contributed by atoms with Gasteiger partial charge in [0.05, 0.1) is 14.2 Å². The Hall–Kier alpha value is -2.99. The first-order valence-corrected chi connectivity index (χ1v) is 10.9. The zero-order chi connectivity index (χ0) is 21.8. The number of fused-ring (bicyclic) bond motifs is 1. The fourth-order valence-corrected chi connectivity index (χ4v) is 4.57. The summed E-state index contributed by atoms with van der Waals surface area (Å²) in [7, 11) is 3.29. The van der Waals surface area contributed by atoms with E-state index in [1.807, 2.05) is 41.4 Å². The Labute approximate surface area is 183 Å². The van der Waals surface area contributed by atoms with E-state index < -0.39 is 0 Å². The van der Waals surface area contributed by atoms with Crippen molar-refractivity contribution in [3.63, 3.8) is 0 Å². The Morgan fingerprint density at radius 2 is 1.77 bits per heavy atom. The summed E-state index contributed by atoms with van der Waals surface area (Å²) in [6.45, 7) is 6.62. The van der Waals surface area contributed by atoms with Gasteiger partial charge in [-0.3, -0.25) is 4.79 Å². The largest absolute Gasteiger partial charge is 0.493 e. The Morgan fingerprint density at radius 1 is 1.00 bits per heavy atom. The minimum absolute atomic E-state index is 0.141. The fraction of sp³-hybridized carbons (Fsp3) is 0.400. The number of para-hydroxylation sites is 2. The monoisotopic (exact) mass is 421 g/mol. The van der Waals surface area contributed by atoms with E-state index in [-0.39, 0.29) is 11.8 Å². The van der Waals surface area contributed by atoms with Crippen LogP contribution in [0.3, 0.4) is 0 Å². The maximum absolute atomic E-state index is 13.4. The summed E-state index contributed by atoms with van der Waals surface area (Å²) in [6.07, 6.45) is 2.41. The minimum atomic E-state index is -0.141. The molecule has 0 bridgehead atoms. The number of nitrogens with zero attached hydrogens (tertiary/aromatic N) is 2. The van der Waals surface area contributed by atoms with Gasteiger partial charge in [-0.1, -0.05) is 37.3 Å². The van der Waals surface area contributed by atoms with Crippen LogP contribution < -0.4 is 9.47 Å². The molecule has 1 atom stereocenters. The number of ether oxygens (including phenoxy) is 2. The summed E-state index contributed by atoms with van der Waals surface area (Å²) in [4.78, 5) is 21.1. The van der Waals surface area contributed by atoms with E-state index >= 15 is 0 Å². The molecule has 1 fully saturated rings. The molecule has 0 saturated carbocycles. The fourth-order valence-electron chi connectivity index (χ4n) is 4.57. The van der Waals surface area contributed by atoms with Crippen LogP contribution in [0.1, 0.15) is 30.4 Å². The Balaban J connectivity index is 1.71. The maximum Gasteiger partial charge on any atom is 0.223 e. The molecule has 2 heterocycles. The Bertz CT molecular complexity index is 1040. The number of nitrogens with one attached hydrogen (secondary N) is 1. The number of piperazine rings is 1. The van der Waals surface area contributed by atoms with Crippen molar-refractivity contribution in [1.29, 1.82) is 0 Å². The molecule has 1 N–H and O–H groups in total. The lowest BCUT2D eigenvalue weighted by Crippen LogP contribution is -2.48. The number of methoxy groups -OCH3 is 2. The van der Waals surface area contributed by atoms with E-state index in [0.717, 1.165) is 54.8 Å². The number of benzene rings is 2. The lowest BCUT2D eigenvalue weighted by Gasteiger charge is -2.35. The van der Waals surface area contributed by atoms with Crippen LogP contribution in [-0.4, -0.2) is 67.6 Å². The molecule has 6 heteroatoms. The molecule has 1 aromatic heterocycles. The second-order valence-corrected chi connectivity index (χ2v) is 7.94. The van der Waals surface area contributed by atoms with Gasteiger partial charge in [-0.25, -0.2) is 0 Å². The van der Waals surface area contributed by atoms with E-state index in [1.165, 1.54) is 0 Å². The predicted octanol–water partition coefficient (Wildman–Crippen LogP) is 3.87. The minimum Gasteiger partial charge on any atom is -0.493 e. The van der Waals surface area contributed by atoms with Crippen molar-refractivity contribution in [2.75, 3.05) is 46.9 Å². The number of rotatable bonds is 7. The number of H-pyrrole nitrogens is 1. The molecule has 1 saturated heterocycles. The Kier molecular flexibility index (Phi) is 6.47. The summed E-state index contributed by atoms with van der Waals surface area (Å²) in [5, 5.41) is 1.13. The van der Waals surface area contributed by atoms with Gasteiger partial charge in [0.2, 0.25) is 5.91 Å². The number of amides is 1. The lowest BCUT2D eigenvalue weighted by atomic mass is 9.87. The van der Waals surface area contributed by atoms with Crippen molar-refractivity contribution in [1.82, 2.24) is 14.8 Å². The van der Waals surface area contributed by atoms with Crippen LogP contribution in [0.25, 0.3) is 10.9 Å². The van der Waals surface area contributed by atoms with Crippen molar-refractivity contribution in [2.45, 2.75) is 19.3 Å². The first-order valence-electron chi connectivity index (χ1n) is 10.9. The van der Waals surface area contributed by atoms with Crippen molar-refractivity contribution >= 4 is 16.8 Å². The smallest absolute Gasteiger partial charge is 0.223 e. The van der Waals surface area contributed by atoms with Crippen LogP contribution in [0, 0.1) is 0 Å². The summed E-state index contributed by atoms with van der Waals surface area (Å²) < 4.78 is 11.3. The van der Waals surface area contributed by atoms with Crippen molar-refractivity contribution < 1.29 is 14.3 Å².